The van der Waals surface area contributed by atoms with Crippen molar-refractivity contribution in [2.75, 3.05) is 57.7 Å². The van der Waals surface area contributed by atoms with E-state index in [0.29, 0.717) is 54.9 Å². The predicted molar refractivity (Wildman–Crippen MR) is 126 cm³/mol. The predicted octanol–water partition coefficient (Wildman–Crippen LogP) is 3.80. The van der Waals surface area contributed by atoms with Crippen LogP contribution in [0.1, 0.15) is 0 Å². The van der Waals surface area contributed by atoms with Gasteiger partial charge in [0.2, 0.25) is 5.75 Å². The number of aromatic nitrogens is 2. The quantitative estimate of drug-likeness (QED) is 0.568. The Balaban J connectivity index is 1.40. The van der Waals surface area contributed by atoms with Gasteiger partial charge in [0, 0.05) is 37.8 Å². The SMILES string of the molecule is COc1cc(-c2ccc(N3CCN(C(=O)Nc4ccc(F)cc4F)CC3)nn2)cc(OC)c1OC. The smallest absolute Gasteiger partial charge is 0.322 e. The Labute approximate surface area is 201 Å². The van der Waals surface area contributed by atoms with Gasteiger partial charge in [-0.05, 0) is 36.4 Å². The molecule has 35 heavy (non-hydrogen) atoms. The van der Waals surface area contributed by atoms with Gasteiger partial charge in [0.05, 0.1) is 32.7 Å². The van der Waals surface area contributed by atoms with Gasteiger partial charge in [-0.1, -0.05) is 0 Å². The molecule has 2 amide bonds. The molecule has 0 radical (unpaired) electrons. The zero-order valence-electron chi connectivity index (χ0n) is 19.5. The van der Waals surface area contributed by atoms with Crippen LogP contribution in [0.5, 0.6) is 17.2 Å². The second kappa shape index (κ2) is 10.4. The van der Waals surface area contributed by atoms with Crippen LogP contribution >= 0.6 is 0 Å². The zero-order chi connectivity index (χ0) is 24.9. The molecule has 1 N–H and O–H groups in total. The molecule has 2 aromatic carbocycles. The van der Waals surface area contributed by atoms with E-state index in [1.54, 1.807) is 38.4 Å². The van der Waals surface area contributed by atoms with Gasteiger partial charge in [-0.3, -0.25) is 0 Å². The Morgan fingerprint density at radius 2 is 1.57 bits per heavy atom. The maximum absolute atomic E-state index is 13.8. The molecule has 9 nitrogen and oxygen atoms in total. The number of carbonyl (C=O) groups is 1. The summed E-state index contributed by atoms with van der Waals surface area (Å²) >= 11 is 0. The van der Waals surface area contributed by atoms with Crippen molar-refractivity contribution in [2.24, 2.45) is 0 Å². The monoisotopic (exact) mass is 485 g/mol. The van der Waals surface area contributed by atoms with Gasteiger partial charge in [-0.25, -0.2) is 13.6 Å². The van der Waals surface area contributed by atoms with E-state index in [2.05, 4.69) is 15.5 Å². The highest BCUT2D eigenvalue weighted by Gasteiger charge is 2.23. The Morgan fingerprint density at radius 3 is 2.11 bits per heavy atom. The van der Waals surface area contributed by atoms with Crippen molar-refractivity contribution in [1.29, 1.82) is 0 Å². The number of benzene rings is 2. The number of amides is 2. The number of halogens is 2. The third-order valence-electron chi connectivity index (χ3n) is 5.67. The largest absolute Gasteiger partial charge is 0.493 e. The number of ether oxygens (including phenoxy) is 3. The minimum Gasteiger partial charge on any atom is -0.493 e. The van der Waals surface area contributed by atoms with Crippen LogP contribution in [0.15, 0.2) is 42.5 Å². The first-order chi connectivity index (χ1) is 16.9. The maximum atomic E-state index is 13.8. The van der Waals surface area contributed by atoms with Crippen LogP contribution in [-0.4, -0.2) is 68.6 Å². The van der Waals surface area contributed by atoms with E-state index in [1.807, 2.05) is 17.0 Å². The highest BCUT2D eigenvalue weighted by molar-refractivity contribution is 5.89. The average Bonchev–Trinajstić information content (AvgIpc) is 2.89. The summed E-state index contributed by atoms with van der Waals surface area (Å²) < 4.78 is 43.1. The summed E-state index contributed by atoms with van der Waals surface area (Å²) in [6, 6.07) is 9.88. The van der Waals surface area contributed by atoms with Crippen molar-refractivity contribution < 1.29 is 27.8 Å². The Kier molecular flexibility index (Phi) is 7.14. The highest BCUT2D eigenvalue weighted by atomic mass is 19.1. The number of nitrogens with zero attached hydrogens (tertiary/aromatic N) is 4. The molecule has 2 heterocycles. The molecule has 11 heteroatoms. The van der Waals surface area contributed by atoms with Gasteiger partial charge in [0.15, 0.2) is 17.3 Å². The number of nitrogens with one attached hydrogen (secondary N) is 1. The summed E-state index contributed by atoms with van der Waals surface area (Å²) in [4.78, 5) is 16.1. The summed E-state index contributed by atoms with van der Waals surface area (Å²) in [6.07, 6.45) is 0. The maximum Gasteiger partial charge on any atom is 0.322 e. The number of urea groups is 1. The first-order valence-corrected chi connectivity index (χ1v) is 10.8. The molecule has 184 valence electrons. The number of hydrogen-bond acceptors (Lipinski definition) is 7. The summed E-state index contributed by atoms with van der Waals surface area (Å²) in [7, 11) is 4.64. The summed E-state index contributed by atoms with van der Waals surface area (Å²) in [5.41, 5.74) is 1.33. The minimum absolute atomic E-state index is 0.0629. The topological polar surface area (TPSA) is 89.1 Å². The van der Waals surface area contributed by atoms with Crippen molar-refractivity contribution in [3.8, 4) is 28.5 Å². The van der Waals surface area contributed by atoms with Crippen LogP contribution in [0, 0.1) is 11.6 Å². The van der Waals surface area contributed by atoms with Crippen molar-refractivity contribution in [1.82, 2.24) is 15.1 Å². The van der Waals surface area contributed by atoms with Crippen molar-refractivity contribution in [3.63, 3.8) is 0 Å². The molecule has 1 fully saturated rings. The van der Waals surface area contributed by atoms with Gasteiger partial charge in [0.1, 0.15) is 11.6 Å². The van der Waals surface area contributed by atoms with E-state index in [9.17, 15) is 13.6 Å². The Bertz CT molecular complexity index is 1180. The summed E-state index contributed by atoms with van der Waals surface area (Å²) in [5, 5.41) is 11.2. The molecule has 0 unspecified atom stereocenters. The van der Waals surface area contributed by atoms with E-state index in [4.69, 9.17) is 14.2 Å². The summed E-state index contributed by atoms with van der Waals surface area (Å²) in [5.74, 6) is 0.675. The molecule has 0 aliphatic carbocycles. The summed E-state index contributed by atoms with van der Waals surface area (Å²) in [6.45, 7) is 1.87. The molecule has 0 bridgehead atoms. The number of hydrogen-bond donors (Lipinski definition) is 1. The van der Waals surface area contributed by atoms with Gasteiger partial charge >= 0.3 is 6.03 Å². The molecule has 0 saturated carbocycles. The van der Waals surface area contributed by atoms with Crippen LogP contribution in [-0.2, 0) is 0 Å². The highest BCUT2D eigenvalue weighted by Crippen LogP contribution is 2.40. The zero-order valence-corrected chi connectivity index (χ0v) is 19.5. The van der Waals surface area contributed by atoms with Crippen LogP contribution < -0.4 is 24.4 Å². The Hall–Kier alpha value is -4.15. The van der Waals surface area contributed by atoms with Crippen LogP contribution in [0.25, 0.3) is 11.3 Å². The molecule has 1 aromatic heterocycles. The number of rotatable bonds is 6. The van der Waals surface area contributed by atoms with E-state index in [1.165, 1.54) is 6.07 Å². The normalized spacial score (nSPS) is 13.4. The lowest BCUT2D eigenvalue weighted by Gasteiger charge is -2.35. The molecule has 1 aliphatic rings. The standard InChI is InChI=1S/C24H25F2N5O4/c1-33-20-12-15(13-21(34-2)23(20)35-3)18-6-7-22(29-28-18)30-8-10-31(11-9-30)24(32)27-19-5-4-16(25)14-17(19)26/h4-7,12-14H,8-11H2,1-3H3,(H,27,32). The van der Waals surface area contributed by atoms with Gasteiger partial charge in [-0.2, -0.15) is 0 Å². The van der Waals surface area contributed by atoms with Crippen molar-refractivity contribution in [3.05, 3.63) is 54.1 Å². The fraction of sp³-hybridized carbons (Fsp3) is 0.292. The number of methoxy groups -OCH3 is 3. The van der Waals surface area contributed by atoms with Gasteiger partial charge < -0.3 is 29.3 Å². The lowest BCUT2D eigenvalue weighted by Crippen LogP contribution is -2.50. The average molecular weight is 485 g/mol. The minimum atomic E-state index is -0.820. The van der Waals surface area contributed by atoms with Crippen LogP contribution in [0.2, 0.25) is 0 Å². The molecule has 0 spiro atoms. The van der Waals surface area contributed by atoms with E-state index < -0.39 is 17.7 Å². The molecule has 1 saturated heterocycles. The van der Waals surface area contributed by atoms with Crippen molar-refractivity contribution >= 4 is 17.5 Å². The fourth-order valence-corrected chi connectivity index (χ4v) is 3.80. The molecular formula is C24H25F2N5O4. The first kappa shape index (κ1) is 24.0. The van der Waals surface area contributed by atoms with E-state index in [0.717, 1.165) is 17.7 Å². The molecule has 4 rings (SSSR count). The van der Waals surface area contributed by atoms with Crippen LogP contribution in [0.3, 0.4) is 0 Å². The molecule has 0 atom stereocenters. The fourth-order valence-electron chi connectivity index (χ4n) is 3.80. The van der Waals surface area contributed by atoms with Gasteiger partial charge in [0.25, 0.3) is 0 Å². The third-order valence-corrected chi connectivity index (χ3v) is 5.67. The van der Waals surface area contributed by atoms with Crippen molar-refractivity contribution in [2.45, 2.75) is 0 Å². The lowest BCUT2D eigenvalue weighted by atomic mass is 10.1. The molecule has 3 aromatic rings. The van der Waals surface area contributed by atoms with E-state index in [-0.39, 0.29) is 5.69 Å². The van der Waals surface area contributed by atoms with E-state index >= 15 is 0 Å². The molecule has 1 aliphatic heterocycles. The second-order valence-electron chi connectivity index (χ2n) is 7.72. The third kappa shape index (κ3) is 5.18. The first-order valence-electron chi connectivity index (χ1n) is 10.8. The van der Waals surface area contributed by atoms with Gasteiger partial charge in [-0.15, -0.1) is 10.2 Å². The number of anilines is 2. The number of piperazine rings is 1. The van der Waals surface area contributed by atoms with Crippen LogP contribution in [0.4, 0.5) is 25.1 Å². The molecular weight excluding hydrogens is 460 g/mol. The second-order valence-corrected chi connectivity index (χ2v) is 7.72. The number of carbonyl (C=O) groups excluding carboxylic acids is 1. The Morgan fingerprint density at radius 1 is 0.886 bits per heavy atom. The lowest BCUT2D eigenvalue weighted by molar-refractivity contribution is 0.208.